The molecule has 1 aromatic carbocycles. The molecule has 1 aliphatic heterocycles. The topological polar surface area (TPSA) is 68.2 Å². The number of nitrogens with zero attached hydrogens (tertiary/aromatic N) is 2. The lowest BCUT2D eigenvalue weighted by Crippen LogP contribution is -2.53. The molecule has 4 atom stereocenters. The maximum absolute atomic E-state index is 12.6. The van der Waals surface area contributed by atoms with E-state index in [-0.39, 0.29) is 28.7 Å². The van der Waals surface area contributed by atoms with E-state index in [1.54, 1.807) is 0 Å². The summed E-state index contributed by atoms with van der Waals surface area (Å²) in [6, 6.07) is 13.5. The molecule has 4 aliphatic rings. The van der Waals surface area contributed by atoms with Gasteiger partial charge in [-0.2, -0.15) is 5.26 Å². The van der Waals surface area contributed by atoms with E-state index in [1.165, 1.54) is 18.4 Å². The molecule has 166 valence electrons. The molecule has 1 aromatic rings. The number of hydrogen-bond donors (Lipinski definition) is 2. The number of hydrogen-bond acceptors (Lipinski definition) is 5. The normalized spacial score (nSPS) is 38.8. The first-order valence-corrected chi connectivity index (χ1v) is 12.2. The molecule has 0 bridgehead atoms. The van der Waals surface area contributed by atoms with Crippen molar-refractivity contribution < 1.29 is 4.79 Å². The van der Waals surface area contributed by atoms with Crippen LogP contribution in [0.3, 0.4) is 0 Å². The quantitative estimate of drug-likeness (QED) is 0.733. The van der Waals surface area contributed by atoms with Crippen molar-refractivity contribution in [1.29, 1.82) is 5.26 Å². The Balaban J connectivity index is 1.29. The van der Waals surface area contributed by atoms with Gasteiger partial charge < -0.3 is 0 Å². The average Bonchev–Trinajstić information content (AvgIpc) is 3.52. The second-order valence-corrected chi connectivity index (χ2v) is 10.9. The van der Waals surface area contributed by atoms with Crippen LogP contribution in [0.4, 0.5) is 0 Å². The number of carbonyl (C=O) groups excluding carboxylic acids is 1. The fourth-order valence-corrected chi connectivity index (χ4v) is 6.67. The Hall–Kier alpha value is -1.74. The van der Waals surface area contributed by atoms with Crippen LogP contribution in [0.1, 0.15) is 63.4 Å². The highest BCUT2D eigenvalue weighted by Gasteiger charge is 2.53. The van der Waals surface area contributed by atoms with E-state index in [4.69, 9.17) is 0 Å². The Bertz CT molecular complexity index is 848. The monoisotopic (exact) mass is 420 g/mol. The van der Waals surface area contributed by atoms with Gasteiger partial charge in [0.15, 0.2) is 5.78 Å². The molecule has 1 spiro atoms. The van der Waals surface area contributed by atoms with Gasteiger partial charge in [-0.15, -0.1) is 0 Å². The lowest BCUT2D eigenvalue weighted by atomic mass is 9.62. The fraction of sp³-hybridized carbons (Fsp3) is 0.692. The van der Waals surface area contributed by atoms with Crippen molar-refractivity contribution in [3.05, 3.63) is 35.9 Å². The molecule has 2 unspecified atom stereocenters. The molecule has 4 fully saturated rings. The zero-order valence-electron chi connectivity index (χ0n) is 18.9. The predicted molar refractivity (Wildman–Crippen MR) is 121 cm³/mol. The second kappa shape index (κ2) is 7.99. The van der Waals surface area contributed by atoms with Crippen LogP contribution in [-0.2, 0) is 10.3 Å². The number of benzene rings is 1. The molecule has 3 aliphatic carbocycles. The lowest BCUT2D eigenvalue weighted by molar-refractivity contribution is -0.136. The molecular formula is C26H36N4O. The first-order valence-electron chi connectivity index (χ1n) is 12.2. The van der Waals surface area contributed by atoms with Gasteiger partial charge in [0, 0.05) is 23.0 Å². The number of rotatable bonds is 6. The number of nitriles is 1. The number of Topliss-reactive ketones (excluding diaryl/α,β-unsaturated/α-hetero) is 1. The average molecular weight is 421 g/mol. The van der Waals surface area contributed by atoms with Crippen LogP contribution in [0.15, 0.2) is 30.3 Å². The van der Waals surface area contributed by atoms with Gasteiger partial charge in [0.2, 0.25) is 0 Å². The molecule has 0 amide bonds. The number of ketones is 1. The summed E-state index contributed by atoms with van der Waals surface area (Å²) in [4.78, 5) is 15.0. The van der Waals surface area contributed by atoms with Crippen LogP contribution >= 0.6 is 0 Å². The van der Waals surface area contributed by atoms with Crippen molar-refractivity contribution in [3.8, 4) is 6.07 Å². The third kappa shape index (κ3) is 3.73. The molecule has 5 nitrogen and oxygen atoms in total. The third-order valence-corrected chi connectivity index (χ3v) is 9.03. The van der Waals surface area contributed by atoms with E-state index in [1.807, 2.05) is 0 Å². The zero-order chi connectivity index (χ0) is 21.6. The van der Waals surface area contributed by atoms with E-state index in [9.17, 15) is 10.1 Å². The van der Waals surface area contributed by atoms with Crippen molar-refractivity contribution in [2.75, 3.05) is 14.1 Å². The van der Waals surface area contributed by atoms with Gasteiger partial charge >= 0.3 is 0 Å². The van der Waals surface area contributed by atoms with Crippen LogP contribution < -0.4 is 10.9 Å². The van der Waals surface area contributed by atoms with Crippen LogP contribution in [0.25, 0.3) is 0 Å². The van der Waals surface area contributed by atoms with Gasteiger partial charge in [0.05, 0.1) is 6.07 Å². The number of carbonyl (C=O) groups is 1. The predicted octanol–water partition coefficient (Wildman–Crippen LogP) is 3.77. The van der Waals surface area contributed by atoms with Gasteiger partial charge in [0.25, 0.3) is 0 Å². The standard InChI is InChI=1S/C26H36N4O/c1-30(2)26(20-6-4-3-5-7-20)12-10-25(11-13-26)16-23(28-29-25)21(14-18-8-9-18)22-15-19(17-27)24(22)31/h3-7,18-19,21-23,28-29H,8-16H2,1-2H3/t19-,21?,22+,23?,25?,26?/m0/s1. The Kier molecular flexibility index (Phi) is 5.45. The highest BCUT2D eigenvalue weighted by atomic mass is 16.1. The summed E-state index contributed by atoms with van der Waals surface area (Å²) in [5.41, 5.74) is 9.02. The van der Waals surface area contributed by atoms with Crippen LogP contribution in [0.5, 0.6) is 0 Å². The smallest absolute Gasteiger partial charge is 0.153 e. The maximum Gasteiger partial charge on any atom is 0.153 e. The summed E-state index contributed by atoms with van der Waals surface area (Å²) in [5.74, 6) is 1.12. The van der Waals surface area contributed by atoms with Crippen molar-refractivity contribution in [3.63, 3.8) is 0 Å². The minimum Gasteiger partial charge on any atom is -0.300 e. The molecule has 0 radical (unpaired) electrons. The van der Waals surface area contributed by atoms with Crippen LogP contribution in [0.2, 0.25) is 0 Å². The van der Waals surface area contributed by atoms with Gasteiger partial charge in [-0.3, -0.25) is 20.5 Å². The summed E-state index contributed by atoms with van der Waals surface area (Å²) in [6.45, 7) is 0. The van der Waals surface area contributed by atoms with Gasteiger partial charge in [-0.05, 0) is 76.4 Å². The Morgan fingerprint density at radius 2 is 1.87 bits per heavy atom. The van der Waals surface area contributed by atoms with Crippen LogP contribution in [-0.4, -0.2) is 36.4 Å². The summed E-state index contributed by atoms with van der Waals surface area (Å²) in [5, 5.41) is 9.20. The first-order chi connectivity index (χ1) is 15.0. The maximum atomic E-state index is 12.6. The molecule has 3 saturated carbocycles. The minimum atomic E-state index is -0.351. The first kappa shape index (κ1) is 21.1. The number of hydrazine groups is 1. The molecule has 31 heavy (non-hydrogen) atoms. The van der Waals surface area contributed by atoms with Crippen molar-refractivity contribution in [2.24, 2.45) is 23.7 Å². The van der Waals surface area contributed by atoms with Gasteiger partial charge in [-0.25, -0.2) is 0 Å². The summed E-state index contributed by atoms with van der Waals surface area (Å²) in [6.07, 6.45) is 10.2. The lowest BCUT2D eigenvalue weighted by Gasteiger charge is -2.49. The second-order valence-electron chi connectivity index (χ2n) is 10.9. The summed E-state index contributed by atoms with van der Waals surface area (Å²) >= 11 is 0. The number of nitrogens with one attached hydrogen (secondary N) is 2. The van der Waals surface area contributed by atoms with E-state index in [0.717, 1.165) is 50.9 Å². The molecule has 5 rings (SSSR count). The SMILES string of the molecule is CN(C)C1(c2ccccc2)CCC2(CC1)CC(C(CC1CC1)[C@H]1C[C@@H](C#N)C1=O)NN2. The van der Waals surface area contributed by atoms with E-state index < -0.39 is 0 Å². The summed E-state index contributed by atoms with van der Waals surface area (Å²) in [7, 11) is 4.43. The van der Waals surface area contributed by atoms with E-state index in [0.29, 0.717) is 12.0 Å². The largest absolute Gasteiger partial charge is 0.300 e. The molecular weight excluding hydrogens is 384 g/mol. The molecule has 5 heteroatoms. The van der Waals surface area contributed by atoms with Crippen molar-refractivity contribution in [1.82, 2.24) is 15.8 Å². The Morgan fingerprint density at radius 3 is 2.45 bits per heavy atom. The Morgan fingerprint density at radius 1 is 1.16 bits per heavy atom. The minimum absolute atomic E-state index is 0.0912. The summed E-state index contributed by atoms with van der Waals surface area (Å²) < 4.78 is 0. The highest BCUT2D eigenvalue weighted by molar-refractivity contribution is 5.91. The zero-order valence-corrected chi connectivity index (χ0v) is 18.9. The molecule has 1 saturated heterocycles. The van der Waals surface area contributed by atoms with E-state index >= 15 is 0 Å². The van der Waals surface area contributed by atoms with Crippen molar-refractivity contribution >= 4 is 5.78 Å². The van der Waals surface area contributed by atoms with E-state index in [2.05, 4.69) is 66.2 Å². The molecule has 2 N–H and O–H groups in total. The Labute approximate surface area is 186 Å². The van der Waals surface area contributed by atoms with Crippen LogP contribution in [0, 0.1) is 35.0 Å². The van der Waals surface area contributed by atoms with Crippen molar-refractivity contribution in [2.45, 2.75) is 74.9 Å². The fourth-order valence-electron chi connectivity index (χ4n) is 6.67. The third-order valence-electron chi connectivity index (χ3n) is 9.03. The van der Waals surface area contributed by atoms with Gasteiger partial charge in [-0.1, -0.05) is 43.2 Å². The highest BCUT2D eigenvalue weighted by Crippen LogP contribution is 2.50. The van der Waals surface area contributed by atoms with Gasteiger partial charge in [0.1, 0.15) is 5.92 Å². The molecule has 1 heterocycles. The molecule has 0 aromatic heterocycles.